The van der Waals surface area contributed by atoms with Crippen LogP contribution >= 0.6 is 0 Å². The van der Waals surface area contributed by atoms with Crippen molar-refractivity contribution in [2.45, 2.75) is 0 Å². The molecule has 0 unspecified atom stereocenters. The van der Waals surface area contributed by atoms with Crippen LogP contribution in [0.5, 0.6) is 0 Å². The van der Waals surface area contributed by atoms with Gasteiger partial charge in [-0.05, 0) is 18.1 Å². The topological polar surface area (TPSA) is 51.8 Å². The van der Waals surface area contributed by atoms with Gasteiger partial charge in [-0.25, -0.2) is 9.97 Å². The summed E-state index contributed by atoms with van der Waals surface area (Å²) in [6, 6.07) is 9.68. The van der Waals surface area contributed by atoms with Gasteiger partial charge >= 0.3 is 0 Å². The van der Waals surface area contributed by atoms with E-state index in [0.29, 0.717) is 11.5 Å². The van der Waals surface area contributed by atoms with Gasteiger partial charge in [-0.1, -0.05) is 24.1 Å². The van der Waals surface area contributed by atoms with E-state index in [0.717, 1.165) is 5.56 Å². The van der Waals surface area contributed by atoms with Crippen molar-refractivity contribution >= 4 is 5.82 Å². The molecule has 72 valence electrons. The van der Waals surface area contributed by atoms with E-state index in [2.05, 4.69) is 21.8 Å². The molecule has 0 aliphatic rings. The molecule has 2 rings (SSSR count). The van der Waals surface area contributed by atoms with Crippen LogP contribution in [0.15, 0.2) is 42.7 Å². The molecule has 0 aliphatic heterocycles. The molecule has 0 aliphatic carbocycles. The summed E-state index contributed by atoms with van der Waals surface area (Å²) >= 11 is 0. The Labute approximate surface area is 88.0 Å². The summed E-state index contributed by atoms with van der Waals surface area (Å²) in [5, 5.41) is 0. The first-order chi connectivity index (χ1) is 7.36. The van der Waals surface area contributed by atoms with Gasteiger partial charge in [0.25, 0.3) is 0 Å². The normalized spacial score (nSPS) is 9.07. The minimum absolute atomic E-state index is 0.362. The number of hydrogen-bond acceptors (Lipinski definition) is 3. The monoisotopic (exact) mass is 195 g/mol. The van der Waals surface area contributed by atoms with Gasteiger partial charge in [0.05, 0.1) is 0 Å². The van der Waals surface area contributed by atoms with Crippen molar-refractivity contribution in [3.63, 3.8) is 0 Å². The molecular formula is C12H9N3. The lowest BCUT2D eigenvalue weighted by Gasteiger charge is -1.92. The summed E-state index contributed by atoms with van der Waals surface area (Å²) in [5.41, 5.74) is 7.06. The van der Waals surface area contributed by atoms with Gasteiger partial charge < -0.3 is 5.73 Å². The van der Waals surface area contributed by atoms with Crippen molar-refractivity contribution in [3.05, 3.63) is 54.0 Å². The first-order valence-electron chi connectivity index (χ1n) is 4.50. The number of rotatable bonds is 0. The Hall–Kier alpha value is -2.34. The Morgan fingerprint density at radius 2 is 1.67 bits per heavy atom. The quantitative estimate of drug-likeness (QED) is 0.647. The highest BCUT2D eigenvalue weighted by molar-refractivity contribution is 5.48. The molecule has 3 heteroatoms. The van der Waals surface area contributed by atoms with Gasteiger partial charge in [0.2, 0.25) is 0 Å². The first kappa shape index (κ1) is 9.22. The molecule has 0 radical (unpaired) electrons. The van der Waals surface area contributed by atoms with E-state index in [1.807, 2.05) is 30.3 Å². The molecule has 0 spiro atoms. The predicted molar refractivity (Wildman–Crippen MR) is 58.9 cm³/mol. The molecule has 1 aromatic heterocycles. The number of nitrogen functional groups attached to an aromatic ring is 1. The van der Waals surface area contributed by atoms with Crippen molar-refractivity contribution in [2.75, 3.05) is 5.73 Å². The van der Waals surface area contributed by atoms with Crippen LogP contribution in [0.4, 0.5) is 5.82 Å². The largest absolute Gasteiger partial charge is 0.381 e. The maximum absolute atomic E-state index is 5.61. The van der Waals surface area contributed by atoms with Crippen LogP contribution in [0.3, 0.4) is 0 Å². The van der Waals surface area contributed by atoms with Crippen LogP contribution in [0, 0.1) is 11.8 Å². The molecule has 1 heterocycles. The summed E-state index contributed by atoms with van der Waals surface area (Å²) in [7, 11) is 0. The molecule has 0 bridgehead atoms. The summed E-state index contributed by atoms with van der Waals surface area (Å²) in [6.45, 7) is 0. The van der Waals surface area contributed by atoms with E-state index in [-0.39, 0.29) is 0 Å². The number of hydrogen-bond donors (Lipinski definition) is 1. The minimum atomic E-state index is 0.362. The van der Waals surface area contributed by atoms with Gasteiger partial charge in [-0.2, -0.15) is 0 Å². The van der Waals surface area contributed by atoms with Crippen LogP contribution in [0.25, 0.3) is 0 Å². The third-order valence-electron chi connectivity index (χ3n) is 1.83. The Kier molecular flexibility index (Phi) is 2.61. The third-order valence-corrected chi connectivity index (χ3v) is 1.83. The second-order valence-electron chi connectivity index (χ2n) is 2.91. The van der Waals surface area contributed by atoms with Crippen molar-refractivity contribution in [3.8, 4) is 11.8 Å². The molecule has 2 aromatic rings. The average molecular weight is 195 g/mol. The van der Waals surface area contributed by atoms with Crippen LogP contribution in [0.2, 0.25) is 0 Å². The lowest BCUT2D eigenvalue weighted by Crippen LogP contribution is -1.95. The maximum Gasteiger partial charge on any atom is 0.158 e. The molecule has 0 fully saturated rings. The zero-order chi connectivity index (χ0) is 10.5. The van der Waals surface area contributed by atoms with Crippen molar-refractivity contribution in [1.29, 1.82) is 0 Å². The highest BCUT2D eigenvalue weighted by Crippen LogP contribution is 2.01. The van der Waals surface area contributed by atoms with Gasteiger partial charge in [0.15, 0.2) is 11.5 Å². The fourth-order valence-electron chi connectivity index (χ4n) is 1.10. The zero-order valence-corrected chi connectivity index (χ0v) is 8.01. The molecule has 0 atom stereocenters. The standard InChI is InChI=1S/C12H9N3/c13-12-11(14-8-9-15-12)7-6-10-4-2-1-3-5-10/h1-5,8-9H,(H2,13,15). The summed E-state index contributed by atoms with van der Waals surface area (Å²) in [6.07, 6.45) is 3.12. The minimum Gasteiger partial charge on any atom is -0.381 e. The maximum atomic E-state index is 5.61. The third kappa shape index (κ3) is 2.32. The fraction of sp³-hybridized carbons (Fsp3) is 0. The van der Waals surface area contributed by atoms with E-state index in [4.69, 9.17) is 5.73 Å². The van der Waals surface area contributed by atoms with Crippen LogP contribution in [-0.2, 0) is 0 Å². The fourth-order valence-corrected chi connectivity index (χ4v) is 1.10. The predicted octanol–water partition coefficient (Wildman–Crippen LogP) is 1.46. The number of aromatic nitrogens is 2. The molecule has 0 saturated carbocycles. The summed E-state index contributed by atoms with van der Waals surface area (Å²) in [4.78, 5) is 7.94. The van der Waals surface area contributed by atoms with Crippen LogP contribution in [-0.4, -0.2) is 9.97 Å². The zero-order valence-electron chi connectivity index (χ0n) is 8.01. The van der Waals surface area contributed by atoms with E-state index in [1.165, 1.54) is 0 Å². The Morgan fingerprint density at radius 1 is 0.933 bits per heavy atom. The van der Waals surface area contributed by atoms with E-state index < -0.39 is 0 Å². The molecule has 3 nitrogen and oxygen atoms in total. The lowest BCUT2D eigenvalue weighted by atomic mass is 10.2. The molecule has 0 amide bonds. The van der Waals surface area contributed by atoms with Crippen LogP contribution < -0.4 is 5.73 Å². The SMILES string of the molecule is Nc1nccnc1C#Cc1ccccc1. The number of nitrogens with zero attached hydrogens (tertiary/aromatic N) is 2. The van der Waals surface area contributed by atoms with E-state index >= 15 is 0 Å². The molecule has 1 aromatic carbocycles. The summed E-state index contributed by atoms with van der Waals surface area (Å²) in [5.74, 6) is 6.21. The number of benzene rings is 1. The molecule has 15 heavy (non-hydrogen) atoms. The highest BCUT2D eigenvalue weighted by Gasteiger charge is 1.94. The number of anilines is 1. The summed E-state index contributed by atoms with van der Waals surface area (Å²) < 4.78 is 0. The highest BCUT2D eigenvalue weighted by atomic mass is 14.9. The Balaban J connectivity index is 2.31. The first-order valence-corrected chi connectivity index (χ1v) is 4.50. The van der Waals surface area contributed by atoms with E-state index in [9.17, 15) is 0 Å². The Bertz CT molecular complexity index is 509. The van der Waals surface area contributed by atoms with Gasteiger partial charge in [0, 0.05) is 18.0 Å². The number of nitrogens with two attached hydrogens (primary N) is 1. The van der Waals surface area contributed by atoms with Gasteiger partial charge in [-0.15, -0.1) is 0 Å². The lowest BCUT2D eigenvalue weighted by molar-refractivity contribution is 1.18. The van der Waals surface area contributed by atoms with Crippen LogP contribution in [0.1, 0.15) is 11.3 Å². The van der Waals surface area contributed by atoms with Gasteiger partial charge in [0.1, 0.15) is 0 Å². The molecule has 2 N–H and O–H groups in total. The van der Waals surface area contributed by atoms with Crippen molar-refractivity contribution in [1.82, 2.24) is 9.97 Å². The molecule has 0 saturated heterocycles. The second kappa shape index (κ2) is 4.25. The Morgan fingerprint density at radius 3 is 2.40 bits per heavy atom. The van der Waals surface area contributed by atoms with E-state index in [1.54, 1.807) is 12.4 Å². The second-order valence-corrected chi connectivity index (χ2v) is 2.91. The smallest absolute Gasteiger partial charge is 0.158 e. The van der Waals surface area contributed by atoms with Crippen molar-refractivity contribution in [2.24, 2.45) is 0 Å². The average Bonchev–Trinajstić information content (AvgIpc) is 2.29. The van der Waals surface area contributed by atoms with Gasteiger partial charge in [-0.3, -0.25) is 0 Å². The molecular weight excluding hydrogens is 186 g/mol. The van der Waals surface area contributed by atoms with Crippen molar-refractivity contribution < 1.29 is 0 Å².